The Bertz CT molecular complexity index is 578. The van der Waals surface area contributed by atoms with Crippen LogP contribution in [0.4, 0.5) is 0 Å². The average Bonchev–Trinajstić information content (AvgIpc) is 2.66. The molecule has 2 aromatic rings. The topological polar surface area (TPSA) is 7.76 Å². The molecule has 0 bridgehead atoms. The molecular formula is C22H34N2S+2. The van der Waals surface area contributed by atoms with Gasteiger partial charge in [-0.15, -0.1) is 0 Å². The van der Waals surface area contributed by atoms with Crippen LogP contribution in [0.1, 0.15) is 58.3 Å². The first-order valence-corrected chi connectivity index (χ1v) is 10.6. The molecule has 0 radical (unpaired) electrons. The van der Waals surface area contributed by atoms with Crippen molar-refractivity contribution in [3.63, 3.8) is 0 Å². The summed E-state index contributed by atoms with van der Waals surface area (Å²) >= 11 is 4.26. The molecule has 0 aliphatic heterocycles. The molecule has 0 spiro atoms. The van der Waals surface area contributed by atoms with Gasteiger partial charge in [0, 0.05) is 37.1 Å². The Kier molecular flexibility index (Phi) is 9.65. The van der Waals surface area contributed by atoms with Crippen LogP contribution in [0.3, 0.4) is 0 Å². The molecule has 136 valence electrons. The number of hydrogen-bond donors (Lipinski definition) is 1. The van der Waals surface area contributed by atoms with E-state index in [4.69, 9.17) is 0 Å². The van der Waals surface area contributed by atoms with Gasteiger partial charge in [0.1, 0.15) is 13.1 Å². The van der Waals surface area contributed by atoms with Gasteiger partial charge >= 0.3 is 0 Å². The van der Waals surface area contributed by atoms with Gasteiger partial charge in [-0.25, -0.2) is 9.13 Å². The van der Waals surface area contributed by atoms with Crippen LogP contribution in [-0.2, 0) is 13.1 Å². The summed E-state index contributed by atoms with van der Waals surface area (Å²) in [7, 11) is 0. The number of pyridine rings is 2. The van der Waals surface area contributed by atoms with E-state index in [0.29, 0.717) is 0 Å². The summed E-state index contributed by atoms with van der Waals surface area (Å²) in [6.45, 7) is 4.50. The van der Waals surface area contributed by atoms with Crippen molar-refractivity contribution in [3.8, 4) is 11.1 Å². The van der Waals surface area contributed by atoms with Gasteiger partial charge in [-0.3, -0.25) is 0 Å². The highest BCUT2D eigenvalue weighted by molar-refractivity contribution is 7.80. The Labute approximate surface area is 159 Å². The van der Waals surface area contributed by atoms with Crippen molar-refractivity contribution in [2.45, 2.75) is 71.4 Å². The number of unbranched alkanes of at least 4 members (excludes halogenated alkanes) is 6. The molecule has 2 rings (SSSR count). The first-order chi connectivity index (χ1) is 12.3. The van der Waals surface area contributed by atoms with Crippen molar-refractivity contribution in [1.29, 1.82) is 0 Å². The molecule has 0 saturated heterocycles. The zero-order valence-corrected chi connectivity index (χ0v) is 16.6. The lowest BCUT2D eigenvalue weighted by atomic mass is 10.1. The van der Waals surface area contributed by atoms with Gasteiger partial charge in [0.15, 0.2) is 24.8 Å². The smallest absolute Gasteiger partial charge is 0.169 e. The van der Waals surface area contributed by atoms with Crippen molar-refractivity contribution < 1.29 is 9.13 Å². The van der Waals surface area contributed by atoms with E-state index in [0.717, 1.165) is 18.8 Å². The molecule has 0 amide bonds. The summed E-state index contributed by atoms with van der Waals surface area (Å²) in [6.07, 6.45) is 19.2. The van der Waals surface area contributed by atoms with Crippen molar-refractivity contribution in [2.24, 2.45) is 0 Å². The fraction of sp³-hybridized carbons (Fsp3) is 0.545. The second kappa shape index (κ2) is 12.1. The van der Waals surface area contributed by atoms with E-state index in [1.807, 2.05) is 0 Å². The molecule has 0 N–H and O–H groups in total. The molecule has 25 heavy (non-hydrogen) atoms. The predicted molar refractivity (Wildman–Crippen MR) is 109 cm³/mol. The minimum atomic E-state index is 1.01. The van der Waals surface area contributed by atoms with Crippen LogP contribution in [0.15, 0.2) is 49.1 Å². The van der Waals surface area contributed by atoms with E-state index in [2.05, 4.69) is 77.7 Å². The van der Waals surface area contributed by atoms with Crippen LogP contribution in [-0.4, -0.2) is 5.75 Å². The maximum atomic E-state index is 4.26. The van der Waals surface area contributed by atoms with E-state index in [1.54, 1.807) is 0 Å². The molecule has 3 heteroatoms. The zero-order valence-electron chi connectivity index (χ0n) is 15.7. The Morgan fingerprint density at radius 1 is 0.640 bits per heavy atom. The summed E-state index contributed by atoms with van der Waals surface area (Å²) in [6, 6.07) is 8.93. The van der Waals surface area contributed by atoms with Gasteiger partial charge in [0.05, 0.1) is 0 Å². The molecule has 2 heterocycles. The highest BCUT2D eigenvalue weighted by Crippen LogP contribution is 2.15. The summed E-state index contributed by atoms with van der Waals surface area (Å²) in [5.41, 5.74) is 2.59. The first kappa shape index (κ1) is 20.0. The number of rotatable bonds is 12. The van der Waals surface area contributed by atoms with Crippen LogP contribution in [0, 0.1) is 0 Å². The summed E-state index contributed by atoms with van der Waals surface area (Å²) in [4.78, 5) is 0. The highest BCUT2D eigenvalue weighted by atomic mass is 32.1. The molecule has 0 saturated carbocycles. The third-order valence-electron chi connectivity index (χ3n) is 4.71. The Morgan fingerprint density at radius 2 is 1.08 bits per heavy atom. The van der Waals surface area contributed by atoms with Crippen molar-refractivity contribution in [1.82, 2.24) is 0 Å². The van der Waals surface area contributed by atoms with E-state index < -0.39 is 0 Å². The van der Waals surface area contributed by atoms with Crippen LogP contribution < -0.4 is 9.13 Å². The SMILES string of the molecule is CCCCCC[n+]1ccc(-c2cc[n+](CCCCCCS)cc2)cc1. The van der Waals surface area contributed by atoms with Crippen LogP contribution >= 0.6 is 12.6 Å². The molecule has 0 aliphatic carbocycles. The minimum absolute atomic E-state index is 1.01. The first-order valence-electron chi connectivity index (χ1n) is 9.93. The fourth-order valence-electron chi connectivity index (χ4n) is 3.08. The lowest BCUT2D eigenvalue weighted by Crippen LogP contribution is -2.33. The average molecular weight is 359 g/mol. The van der Waals surface area contributed by atoms with Gasteiger partial charge in [0.2, 0.25) is 0 Å². The van der Waals surface area contributed by atoms with Crippen molar-refractivity contribution in [3.05, 3.63) is 49.1 Å². The van der Waals surface area contributed by atoms with Gasteiger partial charge in [-0.2, -0.15) is 12.6 Å². The van der Waals surface area contributed by atoms with E-state index in [9.17, 15) is 0 Å². The summed E-state index contributed by atoms with van der Waals surface area (Å²) in [5, 5.41) is 0. The second-order valence-corrected chi connectivity index (χ2v) is 7.29. The second-order valence-electron chi connectivity index (χ2n) is 6.85. The molecule has 0 unspecified atom stereocenters. The molecule has 0 fully saturated rings. The lowest BCUT2D eigenvalue weighted by molar-refractivity contribution is -0.697. The van der Waals surface area contributed by atoms with Gasteiger partial charge in [0.25, 0.3) is 0 Å². The largest absolute Gasteiger partial charge is 0.205 e. The van der Waals surface area contributed by atoms with Gasteiger partial charge < -0.3 is 0 Å². The fourth-order valence-corrected chi connectivity index (χ4v) is 3.30. The Balaban J connectivity index is 1.80. The number of aromatic nitrogens is 2. The Morgan fingerprint density at radius 3 is 1.52 bits per heavy atom. The van der Waals surface area contributed by atoms with Crippen LogP contribution in [0.2, 0.25) is 0 Å². The van der Waals surface area contributed by atoms with Crippen LogP contribution in [0.25, 0.3) is 11.1 Å². The Hall–Kier alpha value is -1.35. The van der Waals surface area contributed by atoms with Crippen molar-refractivity contribution >= 4 is 12.6 Å². The van der Waals surface area contributed by atoms with E-state index >= 15 is 0 Å². The van der Waals surface area contributed by atoms with Crippen molar-refractivity contribution in [2.75, 3.05) is 5.75 Å². The standard InChI is InChI=1S/C22H33N2S/c1-2-3-4-7-14-23-16-10-21(11-17-23)22-12-18-24(19-13-22)15-8-5-6-9-20-25/h10-13,16-19H,2-9,14-15,20H2,1H3/q+1/p+1. The third kappa shape index (κ3) is 7.60. The normalized spacial score (nSPS) is 11.0. The quantitative estimate of drug-likeness (QED) is 0.310. The van der Waals surface area contributed by atoms with E-state index in [-0.39, 0.29) is 0 Å². The summed E-state index contributed by atoms with van der Waals surface area (Å²) in [5.74, 6) is 1.01. The zero-order chi connectivity index (χ0) is 17.7. The molecule has 0 atom stereocenters. The van der Waals surface area contributed by atoms with Crippen LogP contribution in [0.5, 0.6) is 0 Å². The monoisotopic (exact) mass is 358 g/mol. The third-order valence-corrected chi connectivity index (χ3v) is 5.03. The predicted octanol–water partition coefficient (Wildman–Crippen LogP) is 5.00. The maximum absolute atomic E-state index is 4.26. The number of nitrogens with zero attached hydrogens (tertiary/aromatic N) is 2. The molecule has 0 aliphatic rings. The van der Waals surface area contributed by atoms with Gasteiger partial charge in [-0.1, -0.05) is 26.2 Å². The molecule has 2 nitrogen and oxygen atoms in total. The molecular weight excluding hydrogens is 324 g/mol. The lowest BCUT2D eigenvalue weighted by Gasteiger charge is -2.02. The number of thiol groups is 1. The minimum Gasteiger partial charge on any atom is -0.205 e. The van der Waals surface area contributed by atoms with Gasteiger partial charge in [-0.05, 0) is 36.1 Å². The molecule has 0 aromatic carbocycles. The summed E-state index contributed by atoms with van der Waals surface area (Å²) < 4.78 is 4.59. The van der Waals surface area contributed by atoms with E-state index in [1.165, 1.54) is 62.5 Å². The maximum Gasteiger partial charge on any atom is 0.169 e. The molecule has 2 aromatic heterocycles. The number of aryl methyl sites for hydroxylation is 2. The highest BCUT2D eigenvalue weighted by Gasteiger charge is 2.05. The number of hydrogen-bond acceptors (Lipinski definition) is 1.